The average Bonchev–Trinajstić information content (AvgIpc) is 2.20. The maximum atomic E-state index is 11.7. The number of nitrogens with zero attached hydrogens (tertiary/aromatic N) is 1. The molecule has 94 valence electrons. The Hall–Kier alpha value is -1.47. The van der Waals surface area contributed by atoms with Crippen LogP contribution in [0.2, 0.25) is 0 Å². The molecule has 0 atom stereocenters. The molecule has 0 aromatic carbocycles. The Balaban J connectivity index is 3.52. The van der Waals surface area contributed by atoms with Crippen LogP contribution in [-0.2, 0) is 4.79 Å². The number of hydrogen-bond acceptors (Lipinski definition) is 3. The van der Waals surface area contributed by atoms with E-state index in [9.17, 15) is 18.0 Å². The molecule has 1 amide bonds. The minimum atomic E-state index is -4.31. The monoisotopic (exact) mass is 241 g/mol. The second kappa shape index (κ2) is 6.91. The minimum Gasteiger partial charge on any atom is -0.409 e. The van der Waals surface area contributed by atoms with Crippen molar-refractivity contribution in [2.75, 3.05) is 6.54 Å². The number of amides is 1. The van der Waals surface area contributed by atoms with Crippen molar-refractivity contribution in [3.05, 3.63) is 0 Å². The summed E-state index contributed by atoms with van der Waals surface area (Å²) in [6.07, 6.45) is -5.33. The predicted octanol–water partition coefficient (Wildman–Crippen LogP) is 0.972. The molecule has 0 saturated heterocycles. The van der Waals surface area contributed by atoms with E-state index in [2.05, 4.69) is 10.5 Å². The van der Waals surface area contributed by atoms with Gasteiger partial charge >= 0.3 is 6.18 Å². The molecule has 0 saturated carbocycles. The molecule has 16 heavy (non-hydrogen) atoms. The summed E-state index contributed by atoms with van der Waals surface area (Å²) in [6, 6.07) is 0. The van der Waals surface area contributed by atoms with E-state index in [1.807, 2.05) is 0 Å². The number of rotatable bonds is 6. The highest BCUT2D eigenvalue weighted by Crippen LogP contribution is 2.20. The van der Waals surface area contributed by atoms with E-state index < -0.39 is 24.9 Å². The van der Waals surface area contributed by atoms with Crippen LogP contribution in [-0.4, -0.2) is 29.7 Å². The van der Waals surface area contributed by atoms with Crippen molar-refractivity contribution in [2.45, 2.75) is 31.9 Å². The summed E-state index contributed by atoms with van der Waals surface area (Å²) in [6.45, 7) is 0.201. The Morgan fingerprint density at radius 2 is 2.00 bits per heavy atom. The third-order valence-electron chi connectivity index (χ3n) is 1.70. The quantitative estimate of drug-likeness (QED) is 0.213. The number of oxime groups is 1. The van der Waals surface area contributed by atoms with Crippen LogP contribution in [0.25, 0.3) is 0 Å². The molecule has 0 aliphatic heterocycles. The average molecular weight is 241 g/mol. The third kappa shape index (κ3) is 9.10. The number of amidine groups is 1. The van der Waals surface area contributed by atoms with Crippen molar-refractivity contribution in [3.8, 4) is 0 Å². The van der Waals surface area contributed by atoms with Crippen LogP contribution in [0.1, 0.15) is 25.7 Å². The van der Waals surface area contributed by atoms with Gasteiger partial charge in [0.15, 0.2) is 0 Å². The maximum absolute atomic E-state index is 11.7. The van der Waals surface area contributed by atoms with Crippen LogP contribution in [0, 0.1) is 0 Å². The minimum absolute atomic E-state index is 0.0181. The largest absolute Gasteiger partial charge is 0.409 e. The molecule has 0 unspecified atom stereocenters. The Morgan fingerprint density at radius 1 is 1.38 bits per heavy atom. The number of alkyl halides is 3. The lowest BCUT2D eigenvalue weighted by atomic mass is 10.2. The van der Waals surface area contributed by atoms with Crippen molar-refractivity contribution in [2.24, 2.45) is 10.9 Å². The van der Waals surface area contributed by atoms with Gasteiger partial charge in [-0.1, -0.05) is 5.16 Å². The van der Waals surface area contributed by atoms with Gasteiger partial charge in [0, 0.05) is 19.4 Å². The lowest BCUT2D eigenvalue weighted by molar-refractivity contribution is -0.144. The van der Waals surface area contributed by atoms with Crippen molar-refractivity contribution >= 4 is 11.7 Å². The zero-order valence-electron chi connectivity index (χ0n) is 8.55. The first kappa shape index (κ1) is 14.5. The standard InChI is InChI=1S/C8H14F3N3O2/c9-8(10,11)4-3-7(15)13-5-1-2-6(12)14-16/h16H,1-5H2,(H2,12,14)(H,13,15). The van der Waals surface area contributed by atoms with Crippen LogP contribution in [0.15, 0.2) is 5.16 Å². The summed E-state index contributed by atoms with van der Waals surface area (Å²) < 4.78 is 35.1. The van der Waals surface area contributed by atoms with Crippen molar-refractivity contribution in [3.63, 3.8) is 0 Å². The molecule has 0 aromatic heterocycles. The molecule has 0 aliphatic rings. The molecule has 0 aliphatic carbocycles. The summed E-state index contributed by atoms with van der Waals surface area (Å²) in [5, 5.41) is 13.2. The van der Waals surface area contributed by atoms with Crippen LogP contribution >= 0.6 is 0 Å². The van der Waals surface area contributed by atoms with Gasteiger partial charge in [-0.05, 0) is 6.42 Å². The van der Waals surface area contributed by atoms with Crippen LogP contribution in [0.4, 0.5) is 13.2 Å². The topological polar surface area (TPSA) is 87.7 Å². The number of nitrogens with two attached hydrogens (primary N) is 1. The molecule has 0 heterocycles. The fourth-order valence-electron chi connectivity index (χ4n) is 0.891. The number of halogens is 3. The molecule has 0 spiro atoms. The van der Waals surface area contributed by atoms with Crippen LogP contribution in [0.3, 0.4) is 0 Å². The molecule has 0 bridgehead atoms. The Labute approximate surface area is 90.5 Å². The lowest BCUT2D eigenvalue weighted by Gasteiger charge is -2.06. The van der Waals surface area contributed by atoms with Gasteiger partial charge in [-0.25, -0.2) is 0 Å². The molecule has 4 N–H and O–H groups in total. The fraction of sp³-hybridized carbons (Fsp3) is 0.750. The summed E-state index contributed by atoms with van der Waals surface area (Å²) in [5.74, 6) is -0.638. The lowest BCUT2D eigenvalue weighted by Crippen LogP contribution is -2.26. The SMILES string of the molecule is NC(CCCNC(=O)CCC(F)(F)F)=NO. The van der Waals surface area contributed by atoms with Crippen molar-refractivity contribution in [1.82, 2.24) is 5.32 Å². The van der Waals surface area contributed by atoms with Crippen LogP contribution < -0.4 is 11.1 Å². The van der Waals surface area contributed by atoms with E-state index >= 15 is 0 Å². The van der Waals surface area contributed by atoms with E-state index in [4.69, 9.17) is 10.9 Å². The Kier molecular flexibility index (Phi) is 6.28. The summed E-state index contributed by atoms with van der Waals surface area (Å²) in [4.78, 5) is 10.9. The van der Waals surface area contributed by atoms with E-state index in [0.717, 1.165) is 0 Å². The van der Waals surface area contributed by atoms with Gasteiger partial charge in [-0.15, -0.1) is 0 Å². The number of carbonyl (C=O) groups is 1. The van der Waals surface area contributed by atoms with Gasteiger partial charge in [-0.3, -0.25) is 4.79 Å². The van der Waals surface area contributed by atoms with Gasteiger partial charge in [0.1, 0.15) is 5.84 Å². The van der Waals surface area contributed by atoms with Crippen molar-refractivity contribution in [1.29, 1.82) is 0 Å². The fourth-order valence-corrected chi connectivity index (χ4v) is 0.891. The summed E-state index contributed by atoms with van der Waals surface area (Å²) in [7, 11) is 0. The summed E-state index contributed by atoms with van der Waals surface area (Å²) in [5.41, 5.74) is 5.14. The van der Waals surface area contributed by atoms with Crippen LogP contribution in [0.5, 0.6) is 0 Å². The molecule has 0 radical (unpaired) electrons. The highest BCUT2D eigenvalue weighted by Gasteiger charge is 2.27. The number of carbonyl (C=O) groups excluding carboxylic acids is 1. The zero-order chi connectivity index (χ0) is 12.6. The molecular weight excluding hydrogens is 227 g/mol. The Bertz CT molecular complexity index is 253. The smallest absolute Gasteiger partial charge is 0.389 e. The highest BCUT2D eigenvalue weighted by atomic mass is 19.4. The second-order valence-electron chi connectivity index (χ2n) is 3.16. The van der Waals surface area contributed by atoms with E-state index in [1.165, 1.54) is 0 Å². The van der Waals surface area contributed by atoms with Gasteiger partial charge in [-0.2, -0.15) is 13.2 Å². The highest BCUT2D eigenvalue weighted by molar-refractivity contribution is 5.79. The number of hydrogen-bond donors (Lipinski definition) is 3. The van der Waals surface area contributed by atoms with Gasteiger partial charge in [0.05, 0.1) is 6.42 Å². The normalized spacial score (nSPS) is 12.6. The maximum Gasteiger partial charge on any atom is 0.389 e. The Morgan fingerprint density at radius 3 is 2.50 bits per heavy atom. The molecule has 5 nitrogen and oxygen atoms in total. The van der Waals surface area contributed by atoms with Gasteiger partial charge < -0.3 is 16.3 Å². The van der Waals surface area contributed by atoms with E-state index in [-0.39, 0.29) is 18.8 Å². The zero-order valence-corrected chi connectivity index (χ0v) is 8.55. The summed E-state index contributed by atoms with van der Waals surface area (Å²) >= 11 is 0. The van der Waals surface area contributed by atoms with E-state index in [0.29, 0.717) is 6.42 Å². The second-order valence-corrected chi connectivity index (χ2v) is 3.16. The van der Waals surface area contributed by atoms with E-state index in [1.54, 1.807) is 0 Å². The first-order valence-corrected chi connectivity index (χ1v) is 4.65. The van der Waals surface area contributed by atoms with Crippen molar-refractivity contribution < 1.29 is 23.2 Å². The molecule has 0 fully saturated rings. The predicted molar refractivity (Wildman–Crippen MR) is 50.9 cm³/mol. The third-order valence-corrected chi connectivity index (χ3v) is 1.70. The molecule has 0 aromatic rings. The first-order chi connectivity index (χ1) is 7.35. The molecule has 8 heteroatoms. The first-order valence-electron chi connectivity index (χ1n) is 4.65. The molecular formula is C8H14F3N3O2. The van der Waals surface area contributed by atoms with Gasteiger partial charge in [0.2, 0.25) is 5.91 Å². The molecule has 0 rings (SSSR count). The number of nitrogens with one attached hydrogen (secondary N) is 1. The van der Waals surface area contributed by atoms with Gasteiger partial charge in [0.25, 0.3) is 0 Å².